The number of nitrogens with zero attached hydrogens (tertiary/aromatic N) is 4. The maximum Gasteiger partial charge on any atom is 0.236 e. The summed E-state index contributed by atoms with van der Waals surface area (Å²) in [5.74, 6) is 0.891. The van der Waals surface area contributed by atoms with Gasteiger partial charge >= 0.3 is 0 Å². The lowest BCUT2D eigenvalue weighted by atomic mass is 10.2. The second kappa shape index (κ2) is 10.4. The van der Waals surface area contributed by atoms with Crippen molar-refractivity contribution in [3.05, 3.63) is 49.9 Å². The molecule has 1 amide bonds. The van der Waals surface area contributed by atoms with Crippen LogP contribution in [0.2, 0.25) is 10.0 Å². The van der Waals surface area contributed by atoms with Crippen molar-refractivity contribution >= 4 is 68.7 Å². The number of anilines is 1. The molecule has 166 valence electrons. The van der Waals surface area contributed by atoms with E-state index in [-0.39, 0.29) is 11.7 Å². The summed E-state index contributed by atoms with van der Waals surface area (Å²) in [6.07, 6.45) is 0.947. The number of hydrogen-bond acceptors (Lipinski definition) is 7. The Morgan fingerprint density at radius 3 is 2.75 bits per heavy atom. The molecular weight excluding hydrogens is 505 g/mol. The molecule has 0 aliphatic carbocycles. The summed E-state index contributed by atoms with van der Waals surface area (Å²) in [7, 11) is 0. The Balaban J connectivity index is 1.41. The van der Waals surface area contributed by atoms with Gasteiger partial charge in [0.1, 0.15) is 0 Å². The quantitative estimate of drug-likeness (QED) is 0.254. The first-order chi connectivity index (χ1) is 15.4. The maximum atomic E-state index is 12.5. The molecule has 4 rings (SSSR count). The van der Waals surface area contributed by atoms with Crippen LogP contribution in [0.15, 0.2) is 40.2 Å². The fraction of sp³-hybridized carbons (Fsp3) is 0.238. The summed E-state index contributed by atoms with van der Waals surface area (Å²) in [6.45, 7) is 4.97. The van der Waals surface area contributed by atoms with Crippen LogP contribution in [0.5, 0.6) is 0 Å². The second-order valence-corrected chi connectivity index (χ2v) is 10.7. The normalized spacial score (nSPS) is 11.1. The minimum Gasteiger partial charge on any atom is -0.302 e. The van der Waals surface area contributed by atoms with E-state index in [0.717, 1.165) is 35.1 Å². The van der Waals surface area contributed by atoms with Crippen LogP contribution in [0, 0.1) is 6.92 Å². The van der Waals surface area contributed by atoms with E-state index < -0.39 is 0 Å². The number of carbonyl (C=O) groups is 1. The summed E-state index contributed by atoms with van der Waals surface area (Å²) in [5.41, 5.74) is 2.52. The highest BCUT2D eigenvalue weighted by Gasteiger charge is 2.17. The number of thiophene rings is 1. The molecule has 3 aromatic heterocycles. The lowest BCUT2D eigenvalue weighted by Crippen LogP contribution is -2.14. The molecule has 1 N–H and O–H groups in total. The van der Waals surface area contributed by atoms with Crippen LogP contribution < -0.4 is 5.32 Å². The molecule has 0 radical (unpaired) electrons. The number of benzene rings is 1. The molecule has 3 heterocycles. The van der Waals surface area contributed by atoms with E-state index in [2.05, 4.69) is 50.4 Å². The number of rotatable bonds is 8. The van der Waals surface area contributed by atoms with Gasteiger partial charge in [0.25, 0.3) is 0 Å². The van der Waals surface area contributed by atoms with Crippen molar-refractivity contribution in [1.82, 2.24) is 19.7 Å². The molecule has 0 spiro atoms. The number of hydrogen-bond donors (Lipinski definition) is 1. The molecule has 0 aliphatic rings. The van der Waals surface area contributed by atoms with E-state index in [1.54, 1.807) is 23.5 Å². The summed E-state index contributed by atoms with van der Waals surface area (Å²) < 4.78 is 2.07. The standard InChI is InChI=1S/C21H19Cl2N5OS3/c1-3-6-28-19(13-7-12(2)30-9-13)26-27-21(28)32-11-18(29)25-20-24-17(10-31-20)15-5-4-14(22)8-16(15)23/h4-5,7-10H,3,6,11H2,1-2H3,(H,24,25,29). The van der Waals surface area contributed by atoms with Gasteiger partial charge in [0.05, 0.1) is 16.5 Å². The summed E-state index contributed by atoms with van der Waals surface area (Å²) in [5, 5.41) is 17.8. The molecule has 11 heteroatoms. The highest BCUT2D eigenvalue weighted by Crippen LogP contribution is 2.32. The van der Waals surface area contributed by atoms with Gasteiger partial charge in [0.2, 0.25) is 5.91 Å². The highest BCUT2D eigenvalue weighted by atomic mass is 35.5. The van der Waals surface area contributed by atoms with Gasteiger partial charge in [0.15, 0.2) is 16.1 Å². The molecule has 0 saturated carbocycles. The van der Waals surface area contributed by atoms with Crippen LogP contribution in [0.1, 0.15) is 18.2 Å². The topological polar surface area (TPSA) is 72.7 Å². The number of aromatic nitrogens is 4. The number of thiazole rings is 1. The third kappa shape index (κ3) is 5.35. The van der Waals surface area contributed by atoms with Gasteiger partial charge in [-0.25, -0.2) is 4.98 Å². The average Bonchev–Trinajstić information content (AvgIpc) is 3.47. The third-order valence-corrected chi connectivity index (χ3v) is 7.58. The van der Waals surface area contributed by atoms with Crippen LogP contribution >= 0.6 is 57.6 Å². The monoisotopic (exact) mass is 523 g/mol. The van der Waals surface area contributed by atoms with Gasteiger partial charge in [-0.1, -0.05) is 41.9 Å². The fourth-order valence-corrected chi connectivity index (χ4v) is 5.71. The van der Waals surface area contributed by atoms with Gasteiger partial charge in [-0.3, -0.25) is 4.79 Å². The Bertz CT molecular complexity index is 1250. The van der Waals surface area contributed by atoms with Crippen molar-refractivity contribution in [3.8, 4) is 22.6 Å². The number of aryl methyl sites for hydroxylation is 1. The number of halogens is 2. The maximum absolute atomic E-state index is 12.5. The van der Waals surface area contributed by atoms with Crippen LogP contribution in [0.25, 0.3) is 22.6 Å². The van der Waals surface area contributed by atoms with Gasteiger partial charge in [-0.2, -0.15) is 0 Å². The van der Waals surface area contributed by atoms with Crippen molar-refractivity contribution in [3.63, 3.8) is 0 Å². The third-order valence-electron chi connectivity index (χ3n) is 4.44. The zero-order chi connectivity index (χ0) is 22.7. The van der Waals surface area contributed by atoms with E-state index in [1.807, 2.05) is 11.4 Å². The van der Waals surface area contributed by atoms with Crippen LogP contribution in [-0.4, -0.2) is 31.4 Å². The van der Waals surface area contributed by atoms with E-state index in [0.29, 0.717) is 20.9 Å². The smallest absolute Gasteiger partial charge is 0.236 e. The molecule has 6 nitrogen and oxygen atoms in total. The molecule has 0 fully saturated rings. The highest BCUT2D eigenvalue weighted by molar-refractivity contribution is 7.99. The molecule has 0 bridgehead atoms. The molecule has 1 aromatic carbocycles. The van der Waals surface area contributed by atoms with Crippen LogP contribution in [0.3, 0.4) is 0 Å². The van der Waals surface area contributed by atoms with Gasteiger partial charge in [0, 0.05) is 38.3 Å². The first kappa shape index (κ1) is 23.3. The first-order valence-corrected chi connectivity index (χ1v) is 13.3. The predicted molar refractivity (Wildman–Crippen MR) is 135 cm³/mol. The Hall–Kier alpha value is -1.91. The largest absolute Gasteiger partial charge is 0.302 e. The van der Waals surface area contributed by atoms with Crippen LogP contribution in [-0.2, 0) is 11.3 Å². The number of carbonyl (C=O) groups excluding carboxylic acids is 1. The van der Waals surface area contributed by atoms with E-state index in [4.69, 9.17) is 23.2 Å². The summed E-state index contributed by atoms with van der Waals surface area (Å²) in [4.78, 5) is 18.2. The fourth-order valence-electron chi connectivity index (χ4n) is 3.03. The van der Waals surface area contributed by atoms with Crippen LogP contribution in [0.4, 0.5) is 5.13 Å². The Kier molecular flexibility index (Phi) is 7.52. The molecule has 32 heavy (non-hydrogen) atoms. The van der Waals surface area contributed by atoms with Crippen molar-refractivity contribution in [2.45, 2.75) is 32.0 Å². The SMILES string of the molecule is CCCn1c(SCC(=O)Nc2nc(-c3ccc(Cl)cc3Cl)cs2)nnc1-c1csc(C)c1. The number of thioether (sulfide) groups is 1. The van der Waals surface area contributed by atoms with Gasteiger partial charge < -0.3 is 9.88 Å². The zero-order valence-electron chi connectivity index (χ0n) is 17.3. The Morgan fingerprint density at radius 1 is 1.19 bits per heavy atom. The molecule has 4 aromatic rings. The second-order valence-electron chi connectivity index (χ2n) is 6.90. The Labute approximate surface area is 208 Å². The lowest BCUT2D eigenvalue weighted by Gasteiger charge is -2.07. The molecular formula is C21H19Cl2N5OS3. The molecule has 0 aliphatic heterocycles. The minimum absolute atomic E-state index is 0.155. The molecule has 0 atom stereocenters. The van der Waals surface area contributed by atoms with Crippen molar-refractivity contribution < 1.29 is 4.79 Å². The average molecular weight is 525 g/mol. The minimum atomic E-state index is -0.155. The zero-order valence-corrected chi connectivity index (χ0v) is 21.2. The van der Waals surface area contributed by atoms with Gasteiger partial charge in [-0.15, -0.1) is 32.9 Å². The lowest BCUT2D eigenvalue weighted by molar-refractivity contribution is -0.113. The van der Waals surface area contributed by atoms with E-state index in [9.17, 15) is 4.79 Å². The molecule has 0 unspecified atom stereocenters. The molecule has 0 saturated heterocycles. The van der Waals surface area contributed by atoms with E-state index in [1.165, 1.54) is 28.0 Å². The Morgan fingerprint density at radius 2 is 2.03 bits per heavy atom. The summed E-state index contributed by atoms with van der Waals surface area (Å²) >= 11 is 16.6. The summed E-state index contributed by atoms with van der Waals surface area (Å²) in [6, 6.07) is 7.35. The number of nitrogens with one attached hydrogen (secondary N) is 1. The van der Waals surface area contributed by atoms with Gasteiger partial charge in [-0.05, 0) is 37.6 Å². The van der Waals surface area contributed by atoms with Crippen molar-refractivity contribution in [2.24, 2.45) is 0 Å². The van der Waals surface area contributed by atoms with Crippen molar-refractivity contribution in [2.75, 3.05) is 11.1 Å². The predicted octanol–water partition coefficient (Wildman–Crippen LogP) is 6.89. The van der Waals surface area contributed by atoms with Crippen molar-refractivity contribution in [1.29, 1.82) is 0 Å². The van der Waals surface area contributed by atoms with E-state index >= 15 is 0 Å². The first-order valence-electron chi connectivity index (χ1n) is 9.77. The number of amides is 1.